The van der Waals surface area contributed by atoms with Gasteiger partial charge >= 0.3 is 0 Å². The van der Waals surface area contributed by atoms with Crippen LogP contribution in [0.25, 0.3) is 6.08 Å². The molecule has 30 heavy (non-hydrogen) atoms. The highest BCUT2D eigenvalue weighted by molar-refractivity contribution is 14.1. The summed E-state index contributed by atoms with van der Waals surface area (Å²) in [5.41, 5.74) is 3.31. The zero-order valence-corrected chi connectivity index (χ0v) is 19.2. The van der Waals surface area contributed by atoms with Crippen LogP contribution < -0.4 is 9.80 Å². The molecule has 2 aromatic carbocycles. The number of furan rings is 1. The van der Waals surface area contributed by atoms with Gasteiger partial charge in [0.05, 0.1) is 11.4 Å². The second-order valence-electron chi connectivity index (χ2n) is 6.87. The van der Waals surface area contributed by atoms with Crippen LogP contribution in [0.5, 0.6) is 0 Å². The SMILES string of the molecule is Cc1ccc(N2C(=O)/C(=C\c3ccc(I)o3)C(=O)N(c3ccccc3)C2=S)cc1C. The molecule has 150 valence electrons. The second-order valence-corrected chi connectivity index (χ2v) is 8.30. The monoisotopic (exact) mass is 528 g/mol. The van der Waals surface area contributed by atoms with Gasteiger partial charge in [-0.1, -0.05) is 24.3 Å². The minimum absolute atomic E-state index is 0.0172. The minimum Gasteiger partial charge on any atom is -0.451 e. The number of aryl methyl sites for hydroxylation is 2. The number of benzene rings is 2. The number of hydrogen-bond donors (Lipinski definition) is 0. The Morgan fingerprint density at radius 3 is 2.13 bits per heavy atom. The van der Waals surface area contributed by atoms with Crippen molar-refractivity contribution < 1.29 is 14.0 Å². The van der Waals surface area contributed by atoms with Crippen LogP contribution in [0.2, 0.25) is 0 Å². The van der Waals surface area contributed by atoms with Crippen molar-refractivity contribution in [1.82, 2.24) is 0 Å². The van der Waals surface area contributed by atoms with Gasteiger partial charge in [0.15, 0.2) is 8.88 Å². The molecule has 4 rings (SSSR count). The molecule has 3 aromatic rings. The van der Waals surface area contributed by atoms with E-state index < -0.39 is 11.8 Å². The predicted octanol–water partition coefficient (Wildman–Crippen LogP) is 5.25. The van der Waals surface area contributed by atoms with Gasteiger partial charge in [-0.3, -0.25) is 19.4 Å². The van der Waals surface area contributed by atoms with Crippen LogP contribution in [0.4, 0.5) is 11.4 Å². The fourth-order valence-electron chi connectivity index (χ4n) is 3.17. The molecule has 0 atom stereocenters. The number of thiocarbonyl (C=S) groups is 1. The van der Waals surface area contributed by atoms with Crippen LogP contribution in [0.1, 0.15) is 16.9 Å². The third kappa shape index (κ3) is 3.70. The van der Waals surface area contributed by atoms with Gasteiger partial charge in [0.2, 0.25) is 0 Å². The molecule has 1 aliphatic heterocycles. The number of nitrogens with zero attached hydrogens (tertiary/aromatic N) is 2. The molecule has 0 unspecified atom stereocenters. The zero-order valence-electron chi connectivity index (χ0n) is 16.3. The van der Waals surface area contributed by atoms with Crippen LogP contribution in [-0.4, -0.2) is 16.9 Å². The van der Waals surface area contributed by atoms with Crippen molar-refractivity contribution in [3.8, 4) is 0 Å². The van der Waals surface area contributed by atoms with Crippen LogP contribution in [0, 0.1) is 17.6 Å². The van der Waals surface area contributed by atoms with E-state index in [1.165, 1.54) is 15.9 Å². The maximum Gasteiger partial charge on any atom is 0.270 e. The Hall–Kier alpha value is -2.78. The van der Waals surface area contributed by atoms with E-state index in [0.29, 0.717) is 20.9 Å². The molecule has 2 heterocycles. The molecule has 7 heteroatoms. The van der Waals surface area contributed by atoms with Gasteiger partial charge < -0.3 is 4.42 Å². The van der Waals surface area contributed by atoms with Gasteiger partial charge in [-0.2, -0.15) is 0 Å². The molecular weight excluding hydrogens is 511 g/mol. The lowest BCUT2D eigenvalue weighted by molar-refractivity contribution is -0.120. The molecule has 1 fully saturated rings. The Bertz CT molecular complexity index is 1200. The van der Waals surface area contributed by atoms with E-state index in [-0.39, 0.29) is 10.7 Å². The summed E-state index contributed by atoms with van der Waals surface area (Å²) in [5, 5.41) is 0.116. The van der Waals surface area contributed by atoms with Crippen LogP contribution >= 0.6 is 34.8 Å². The molecule has 1 aromatic heterocycles. The van der Waals surface area contributed by atoms with Gasteiger partial charge in [0.1, 0.15) is 11.3 Å². The molecule has 0 spiro atoms. The van der Waals surface area contributed by atoms with Crippen molar-refractivity contribution >= 4 is 69.2 Å². The first kappa shape index (κ1) is 20.5. The minimum atomic E-state index is -0.484. The first-order chi connectivity index (χ1) is 14.4. The lowest BCUT2D eigenvalue weighted by Gasteiger charge is -2.36. The van der Waals surface area contributed by atoms with Crippen molar-refractivity contribution in [2.45, 2.75) is 13.8 Å². The summed E-state index contributed by atoms with van der Waals surface area (Å²) in [7, 11) is 0. The average Bonchev–Trinajstić information content (AvgIpc) is 3.14. The summed E-state index contributed by atoms with van der Waals surface area (Å²) >= 11 is 7.66. The highest BCUT2D eigenvalue weighted by Crippen LogP contribution is 2.31. The maximum atomic E-state index is 13.4. The molecule has 0 radical (unpaired) electrons. The van der Waals surface area contributed by atoms with E-state index in [0.717, 1.165) is 11.1 Å². The van der Waals surface area contributed by atoms with Gasteiger partial charge in [0.25, 0.3) is 11.8 Å². The summed E-state index contributed by atoms with van der Waals surface area (Å²) < 4.78 is 6.23. The van der Waals surface area contributed by atoms with Crippen molar-refractivity contribution in [2.24, 2.45) is 0 Å². The standard InChI is InChI=1S/C23H17IN2O3S/c1-14-8-9-17(12-15(14)2)26-22(28)19(13-18-10-11-20(24)29-18)21(27)25(23(26)30)16-6-4-3-5-7-16/h3-13H,1-2H3/b19-13-. The molecular formula is C23H17IN2O3S. The van der Waals surface area contributed by atoms with Gasteiger partial charge in [0, 0.05) is 0 Å². The Labute approximate surface area is 193 Å². The number of hydrogen-bond acceptors (Lipinski definition) is 4. The molecule has 0 aliphatic carbocycles. The number of carbonyl (C=O) groups excluding carboxylic acids is 2. The topological polar surface area (TPSA) is 53.8 Å². The van der Waals surface area contributed by atoms with Crippen LogP contribution in [0.3, 0.4) is 0 Å². The van der Waals surface area contributed by atoms with Crippen LogP contribution in [0.15, 0.2) is 70.7 Å². The number of amides is 2. The summed E-state index contributed by atoms with van der Waals surface area (Å²) in [6.07, 6.45) is 1.47. The summed E-state index contributed by atoms with van der Waals surface area (Å²) in [6.45, 7) is 3.97. The molecule has 2 amide bonds. The molecule has 0 saturated carbocycles. The van der Waals surface area contributed by atoms with Crippen molar-refractivity contribution in [1.29, 1.82) is 0 Å². The lowest BCUT2D eigenvalue weighted by atomic mass is 10.1. The normalized spacial score (nSPS) is 16.0. The molecule has 1 saturated heterocycles. The zero-order chi connectivity index (χ0) is 21.4. The number of para-hydroxylation sites is 1. The number of anilines is 2. The predicted molar refractivity (Wildman–Crippen MR) is 129 cm³/mol. The van der Waals surface area contributed by atoms with Gasteiger partial charge in [-0.15, -0.1) is 0 Å². The summed E-state index contributed by atoms with van der Waals surface area (Å²) in [6, 6.07) is 18.2. The average molecular weight is 528 g/mol. The van der Waals surface area contributed by atoms with Crippen molar-refractivity contribution in [2.75, 3.05) is 9.80 Å². The maximum absolute atomic E-state index is 13.4. The van der Waals surface area contributed by atoms with E-state index >= 15 is 0 Å². The van der Waals surface area contributed by atoms with E-state index in [1.54, 1.807) is 24.3 Å². The Balaban J connectivity index is 1.88. The first-order valence-corrected chi connectivity index (χ1v) is 10.7. The summed E-state index contributed by atoms with van der Waals surface area (Å²) in [5.74, 6) is -0.536. The first-order valence-electron chi connectivity index (χ1n) is 9.19. The van der Waals surface area contributed by atoms with Crippen molar-refractivity contribution in [3.05, 3.63) is 86.9 Å². The lowest BCUT2D eigenvalue weighted by Crippen LogP contribution is -2.57. The fourth-order valence-corrected chi connectivity index (χ4v) is 3.99. The summed E-state index contributed by atoms with van der Waals surface area (Å²) in [4.78, 5) is 29.5. The molecule has 0 bridgehead atoms. The molecule has 0 N–H and O–H groups in total. The quantitative estimate of drug-likeness (QED) is 0.202. The van der Waals surface area contributed by atoms with Crippen LogP contribution in [-0.2, 0) is 9.59 Å². The van der Waals surface area contributed by atoms with Gasteiger partial charge in [-0.25, -0.2) is 0 Å². The smallest absolute Gasteiger partial charge is 0.270 e. The Morgan fingerprint density at radius 2 is 1.53 bits per heavy atom. The van der Waals surface area contributed by atoms with Gasteiger partial charge in [-0.05, 0) is 102 Å². The highest BCUT2D eigenvalue weighted by Gasteiger charge is 2.41. The van der Waals surface area contributed by atoms with E-state index in [9.17, 15) is 9.59 Å². The largest absolute Gasteiger partial charge is 0.451 e. The number of rotatable bonds is 3. The Kier molecular flexibility index (Phi) is 5.57. The molecule has 1 aliphatic rings. The third-order valence-corrected chi connectivity index (χ3v) is 5.84. The Morgan fingerprint density at radius 1 is 0.867 bits per heavy atom. The molecule has 5 nitrogen and oxygen atoms in total. The van der Waals surface area contributed by atoms with Crippen molar-refractivity contribution in [3.63, 3.8) is 0 Å². The van der Waals surface area contributed by atoms with E-state index in [2.05, 4.69) is 0 Å². The van der Waals surface area contributed by atoms with E-state index in [4.69, 9.17) is 16.6 Å². The fraction of sp³-hybridized carbons (Fsp3) is 0.0870. The third-order valence-electron chi connectivity index (χ3n) is 4.89. The number of halogens is 1. The van der Waals surface area contributed by atoms with E-state index in [1.807, 2.05) is 72.8 Å². The second kappa shape index (κ2) is 8.16. The highest BCUT2D eigenvalue weighted by atomic mass is 127. The number of carbonyl (C=O) groups is 2.